The Hall–Kier alpha value is -1.45. The molecule has 2 heterocycles. The number of carbonyl (C=O) groups excluding carboxylic acids is 1. The molecule has 0 radical (unpaired) electrons. The van der Waals surface area contributed by atoms with Gasteiger partial charge in [0.2, 0.25) is 15.9 Å². The first kappa shape index (κ1) is 14.0. The topological polar surface area (TPSA) is 116 Å². The molecule has 1 aliphatic heterocycles. The number of aryl methyl sites for hydroxylation is 1. The van der Waals surface area contributed by atoms with Crippen LogP contribution in [0.2, 0.25) is 0 Å². The third kappa shape index (κ3) is 3.31. The second-order valence-electron chi connectivity index (χ2n) is 4.44. The molecule has 2 rings (SSSR count). The van der Waals surface area contributed by atoms with Crippen LogP contribution in [0.5, 0.6) is 0 Å². The molecule has 1 amide bonds. The van der Waals surface area contributed by atoms with E-state index in [1.165, 1.54) is 10.9 Å². The number of carbonyl (C=O) groups is 1. The number of primary sulfonamides is 1. The van der Waals surface area contributed by atoms with Crippen LogP contribution in [0.25, 0.3) is 0 Å². The Morgan fingerprint density at radius 2 is 2.16 bits per heavy atom. The summed E-state index contributed by atoms with van der Waals surface area (Å²) in [7, 11) is -2.36. The van der Waals surface area contributed by atoms with Crippen LogP contribution >= 0.6 is 0 Å². The SMILES string of the molecule is Cn1cc(S(N)(=O)=O)c(NC(=O)C2CCOCC2)n1. The summed E-state index contributed by atoms with van der Waals surface area (Å²) in [5, 5.41) is 11.5. The highest BCUT2D eigenvalue weighted by atomic mass is 32.2. The van der Waals surface area contributed by atoms with Crippen LogP contribution in [0, 0.1) is 5.92 Å². The Labute approximate surface area is 111 Å². The number of amides is 1. The fraction of sp³-hybridized carbons (Fsp3) is 0.600. The zero-order valence-corrected chi connectivity index (χ0v) is 11.3. The number of hydrogen-bond acceptors (Lipinski definition) is 5. The molecule has 0 spiro atoms. The van der Waals surface area contributed by atoms with Crippen LogP contribution in [-0.2, 0) is 26.6 Å². The Morgan fingerprint density at radius 1 is 1.53 bits per heavy atom. The van der Waals surface area contributed by atoms with E-state index in [-0.39, 0.29) is 22.5 Å². The molecule has 1 aromatic heterocycles. The summed E-state index contributed by atoms with van der Waals surface area (Å²) in [6.07, 6.45) is 2.49. The lowest BCUT2D eigenvalue weighted by Crippen LogP contribution is -2.29. The maximum Gasteiger partial charge on any atom is 0.243 e. The van der Waals surface area contributed by atoms with Crippen molar-refractivity contribution in [1.82, 2.24) is 9.78 Å². The average molecular weight is 288 g/mol. The molecule has 1 aliphatic rings. The summed E-state index contributed by atoms with van der Waals surface area (Å²) < 4.78 is 29.2. The number of anilines is 1. The summed E-state index contributed by atoms with van der Waals surface area (Å²) in [4.78, 5) is 11.8. The van der Waals surface area contributed by atoms with Crippen LogP contribution in [0.1, 0.15) is 12.8 Å². The molecule has 8 nitrogen and oxygen atoms in total. The number of aromatic nitrogens is 2. The molecule has 1 fully saturated rings. The van der Waals surface area contributed by atoms with Crippen LogP contribution in [0.3, 0.4) is 0 Å². The van der Waals surface area contributed by atoms with E-state index >= 15 is 0 Å². The number of hydrogen-bond donors (Lipinski definition) is 2. The molecule has 0 atom stereocenters. The van der Waals surface area contributed by atoms with Gasteiger partial charge in [0.1, 0.15) is 4.90 Å². The van der Waals surface area contributed by atoms with Gasteiger partial charge in [-0.15, -0.1) is 0 Å². The van der Waals surface area contributed by atoms with Gasteiger partial charge in [0, 0.05) is 32.4 Å². The van der Waals surface area contributed by atoms with Crippen LogP contribution < -0.4 is 10.5 Å². The summed E-state index contributed by atoms with van der Waals surface area (Å²) in [6, 6.07) is 0. The van der Waals surface area contributed by atoms with Gasteiger partial charge >= 0.3 is 0 Å². The van der Waals surface area contributed by atoms with Crippen LogP contribution in [0.4, 0.5) is 5.82 Å². The van der Waals surface area contributed by atoms with Gasteiger partial charge < -0.3 is 10.1 Å². The van der Waals surface area contributed by atoms with Crippen molar-refractivity contribution in [1.29, 1.82) is 0 Å². The van der Waals surface area contributed by atoms with Gasteiger partial charge in [0.05, 0.1) is 0 Å². The number of nitrogens with zero attached hydrogens (tertiary/aromatic N) is 2. The molecule has 106 valence electrons. The zero-order valence-electron chi connectivity index (χ0n) is 10.5. The molecular formula is C10H16N4O4S. The molecule has 0 aromatic carbocycles. The molecule has 1 saturated heterocycles. The third-order valence-electron chi connectivity index (χ3n) is 2.94. The van der Waals surface area contributed by atoms with E-state index in [0.29, 0.717) is 26.1 Å². The maximum absolute atomic E-state index is 12.0. The van der Waals surface area contributed by atoms with Crippen molar-refractivity contribution in [3.05, 3.63) is 6.20 Å². The molecule has 0 unspecified atom stereocenters. The first-order valence-electron chi connectivity index (χ1n) is 5.83. The Kier molecular flexibility index (Phi) is 3.88. The lowest BCUT2D eigenvalue weighted by Gasteiger charge is -2.20. The largest absolute Gasteiger partial charge is 0.381 e. The number of rotatable bonds is 3. The molecular weight excluding hydrogens is 272 g/mol. The Balaban J connectivity index is 2.17. The summed E-state index contributed by atoms with van der Waals surface area (Å²) >= 11 is 0. The number of nitrogens with one attached hydrogen (secondary N) is 1. The standard InChI is InChI=1S/C10H16N4O4S/c1-14-6-8(19(11,16)17)9(13-14)12-10(15)7-2-4-18-5-3-7/h6-7H,2-5H2,1H3,(H2,11,16,17)(H,12,13,15). The smallest absolute Gasteiger partial charge is 0.243 e. The van der Waals surface area contributed by atoms with E-state index in [4.69, 9.17) is 9.88 Å². The van der Waals surface area contributed by atoms with E-state index in [1.807, 2.05) is 0 Å². The second kappa shape index (κ2) is 5.27. The van der Waals surface area contributed by atoms with E-state index in [1.54, 1.807) is 7.05 Å². The molecule has 9 heteroatoms. The van der Waals surface area contributed by atoms with E-state index in [2.05, 4.69) is 10.4 Å². The fourth-order valence-corrected chi connectivity index (χ4v) is 2.60. The van der Waals surface area contributed by atoms with Gasteiger partial charge in [-0.25, -0.2) is 13.6 Å². The quantitative estimate of drug-likeness (QED) is 0.772. The van der Waals surface area contributed by atoms with Crippen molar-refractivity contribution < 1.29 is 17.9 Å². The van der Waals surface area contributed by atoms with Crippen LogP contribution in [-0.4, -0.2) is 37.3 Å². The van der Waals surface area contributed by atoms with E-state index < -0.39 is 10.0 Å². The molecule has 1 aromatic rings. The minimum Gasteiger partial charge on any atom is -0.381 e. The predicted octanol–water partition coefficient (Wildman–Crippen LogP) is -0.567. The van der Waals surface area contributed by atoms with Gasteiger partial charge in [-0.3, -0.25) is 9.48 Å². The highest BCUT2D eigenvalue weighted by Crippen LogP contribution is 2.21. The van der Waals surface area contributed by atoms with Gasteiger partial charge in [-0.2, -0.15) is 5.10 Å². The van der Waals surface area contributed by atoms with Gasteiger partial charge in [0.25, 0.3) is 0 Å². The van der Waals surface area contributed by atoms with Gasteiger partial charge in [-0.1, -0.05) is 0 Å². The number of nitrogens with two attached hydrogens (primary N) is 1. The van der Waals surface area contributed by atoms with Crippen molar-refractivity contribution in [2.45, 2.75) is 17.7 Å². The third-order valence-corrected chi connectivity index (χ3v) is 3.85. The monoisotopic (exact) mass is 288 g/mol. The maximum atomic E-state index is 12.0. The molecule has 0 bridgehead atoms. The van der Waals surface area contributed by atoms with Crippen molar-refractivity contribution in [3.8, 4) is 0 Å². The molecule has 0 saturated carbocycles. The van der Waals surface area contributed by atoms with Crippen molar-refractivity contribution >= 4 is 21.7 Å². The van der Waals surface area contributed by atoms with Gasteiger partial charge in [-0.05, 0) is 12.8 Å². The van der Waals surface area contributed by atoms with Crippen LogP contribution in [0.15, 0.2) is 11.1 Å². The van der Waals surface area contributed by atoms with E-state index in [0.717, 1.165) is 0 Å². The summed E-state index contributed by atoms with van der Waals surface area (Å²) in [5.41, 5.74) is 0. The first-order chi connectivity index (χ1) is 8.88. The Bertz CT molecular complexity index is 574. The highest BCUT2D eigenvalue weighted by Gasteiger charge is 2.25. The molecule has 19 heavy (non-hydrogen) atoms. The van der Waals surface area contributed by atoms with Crippen molar-refractivity contribution in [2.24, 2.45) is 18.1 Å². The lowest BCUT2D eigenvalue weighted by molar-refractivity contribution is -0.122. The fourth-order valence-electron chi connectivity index (χ4n) is 1.94. The lowest BCUT2D eigenvalue weighted by atomic mass is 9.99. The normalized spacial score (nSPS) is 17.4. The Morgan fingerprint density at radius 3 is 2.74 bits per heavy atom. The summed E-state index contributed by atoms with van der Waals surface area (Å²) in [5.74, 6) is -0.475. The second-order valence-corrected chi connectivity index (χ2v) is 5.97. The van der Waals surface area contributed by atoms with Crippen molar-refractivity contribution in [2.75, 3.05) is 18.5 Å². The summed E-state index contributed by atoms with van der Waals surface area (Å²) in [6.45, 7) is 1.06. The molecule has 0 aliphatic carbocycles. The van der Waals surface area contributed by atoms with Gasteiger partial charge in [0.15, 0.2) is 5.82 Å². The minimum atomic E-state index is -3.91. The highest BCUT2D eigenvalue weighted by molar-refractivity contribution is 7.89. The van der Waals surface area contributed by atoms with E-state index in [9.17, 15) is 13.2 Å². The first-order valence-corrected chi connectivity index (χ1v) is 7.37. The molecule has 3 N–H and O–H groups in total. The van der Waals surface area contributed by atoms with Crippen molar-refractivity contribution in [3.63, 3.8) is 0 Å². The number of sulfonamides is 1. The predicted molar refractivity (Wildman–Crippen MR) is 66.8 cm³/mol. The minimum absolute atomic E-state index is 0.0264. The zero-order chi connectivity index (χ0) is 14.0. The number of ether oxygens (including phenoxy) is 1. The average Bonchev–Trinajstić information content (AvgIpc) is 2.71.